The molecule has 2 N–H and O–H groups in total. The zero-order chi connectivity index (χ0) is 11.9. The first kappa shape index (κ1) is 13.2. The van der Waals surface area contributed by atoms with E-state index in [-0.39, 0.29) is 5.75 Å². The molecule has 0 saturated carbocycles. The number of unbranched alkanes of at least 4 members (excludes halogenated alkanes) is 4. The number of nitrogens with one attached hydrogen (secondary N) is 1. The van der Waals surface area contributed by atoms with Crippen molar-refractivity contribution in [1.29, 1.82) is 0 Å². The van der Waals surface area contributed by atoms with Crippen LogP contribution >= 0.6 is 0 Å². The molecule has 0 spiro atoms. The Morgan fingerprint density at radius 3 is 2.50 bits per heavy atom. The van der Waals surface area contributed by atoms with Gasteiger partial charge in [-0.15, -0.1) is 0 Å². The lowest BCUT2D eigenvalue weighted by molar-refractivity contribution is 0.479. The lowest BCUT2D eigenvalue weighted by atomic mass is 10.1. The van der Waals surface area contributed by atoms with E-state index in [1.165, 1.54) is 0 Å². The first-order chi connectivity index (χ1) is 7.58. The van der Waals surface area contributed by atoms with Gasteiger partial charge in [-0.2, -0.15) is 8.42 Å². The van der Waals surface area contributed by atoms with Crippen molar-refractivity contribution in [3.8, 4) is 0 Å². The molecule has 0 aliphatic carbocycles. The Hall–Kier alpha value is -0.880. The van der Waals surface area contributed by atoms with E-state index >= 15 is 0 Å². The van der Waals surface area contributed by atoms with Crippen molar-refractivity contribution < 1.29 is 13.0 Å². The van der Waals surface area contributed by atoms with Gasteiger partial charge in [0.05, 0.1) is 5.75 Å². The van der Waals surface area contributed by atoms with Crippen LogP contribution in [0.3, 0.4) is 0 Å². The number of hydrogen-bond acceptors (Lipinski definition) is 3. The maximum Gasteiger partial charge on any atom is 0.264 e. The summed E-state index contributed by atoms with van der Waals surface area (Å²) in [5.41, 5.74) is 0. The number of aromatic amines is 1. The third-order valence-electron chi connectivity index (χ3n) is 2.37. The van der Waals surface area contributed by atoms with E-state index in [0.717, 1.165) is 37.9 Å². The number of H-pyrrole nitrogens is 1. The summed E-state index contributed by atoms with van der Waals surface area (Å²) in [6.45, 7) is 0. The molecule has 1 rings (SSSR count). The minimum atomic E-state index is -3.77. The van der Waals surface area contributed by atoms with Gasteiger partial charge in [0.25, 0.3) is 10.1 Å². The highest BCUT2D eigenvalue weighted by molar-refractivity contribution is 7.85. The Kier molecular flexibility index (Phi) is 5.48. The number of imidazole rings is 1. The van der Waals surface area contributed by atoms with E-state index < -0.39 is 10.1 Å². The predicted molar refractivity (Wildman–Crippen MR) is 61.8 cm³/mol. The summed E-state index contributed by atoms with van der Waals surface area (Å²) in [6.07, 6.45) is 8.98. The van der Waals surface area contributed by atoms with Gasteiger partial charge in [-0.25, -0.2) is 4.98 Å². The molecule has 0 radical (unpaired) electrons. The fourth-order valence-corrected chi connectivity index (χ4v) is 2.11. The molecule has 0 aromatic carbocycles. The van der Waals surface area contributed by atoms with Gasteiger partial charge < -0.3 is 4.98 Å². The van der Waals surface area contributed by atoms with Crippen LogP contribution in [0.5, 0.6) is 0 Å². The lowest BCUT2D eigenvalue weighted by Crippen LogP contribution is -2.03. The Balaban J connectivity index is 1.93. The van der Waals surface area contributed by atoms with Crippen molar-refractivity contribution in [2.24, 2.45) is 0 Å². The number of nitrogens with zero attached hydrogens (tertiary/aromatic N) is 1. The van der Waals surface area contributed by atoms with Crippen LogP contribution in [0.1, 0.15) is 37.9 Å². The average Bonchev–Trinajstić information content (AvgIpc) is 2.67. The predicted octanol–water partition coefficient (Wildman–Crippen LogP) is 1.79. The molecular formula is C10H18N2O3S. The highest BCUT2D eigenvalue weighted by atomic mass is 32.2. The van der Waals surface area contributed by atoms with Crippen molar-refractivity contribution >= 4 is 10.1 Å². The Morgan fingerprint density at radius 1 is 1.19 bits per heavy atom. The van der Waals surface area contributed by atoms with Gasteiger partial charge in [-0.3, -0.25) is 4.55 Å². The molecule has 0 atom stereocenters. The second-order valence-electron chi connectivity index (χ2n) is 3.84. The van der Waals surface area contributed by atoms with Crippen molar-refractivity contribution in [3.05, 3.63) is 18.2 Å². The van der Waals surface area contributed by atoms with E-state index in [1.54, 1.807) is 12.4 Å². The van der Waals surface area contributed by atoms with E-state index in [1.807, 2.05) is 0 Å². The first-order valence-corrected chi connectivity index (χ1v) is 7.12. The van der Waals surface area contributed by atoms with Gasteiger partial charge in [0.15, 0.2) is 0 Å². The molecule has 0 saturated heterocycles. The van der Waals surface area contributed by atoms with Gasteiger partial charge >= 0.3 is 0 Å². The topological polar surface area (TPSA) is 83.1 Å². The van der Waals surface area contributed by atoms with Gasteiger partial charge in [-0.05, 0) is 12.8 Å². The Morgan fingerprint density at radius 2 is 1.88 bits per heavy atom. The minimum Gasteiger partial charge on any atom is -0.349 e. The molecule has 1 aromatic heterocycles. The van der Waals surface area contributed by atoms with Crippen LogP contribution in [0.4, 0.5) is 0 Å². The number of aryl methyl sites for hydroxylation is 1. The molecule has 16 heavy (non-hydrogen) atoms. The van der Waals surface area contributed by atoms with Gasteiger partial charge in [0.2, 0.25) is 0 Å². The molecule has 0 aliphatic heterocycles. The fourth-order valence-electron chi connectivity index (χ4n) is 1.54. The van der Waals surface area contributed by atoms with Gasteiger partial charge in [0, 0.05) is 18.8 Å². The van der Waals surface area contributed by atoms with Gasteiger partial charge in [0.1, 0.15) is 5.82 Å². The molecule has 0 fully saturated rings. The quantitative estimate of drug-likeness (QED) is 0.541. The van der Waals surface area contributed by atoms with Crippen molar-refractivity contribution in [3.63, 3.8) is 0 Å². The monoisotopic (exact) mass is 246 g/mol. The molecule has 1 heterocycles. The highest BCUT2D eigenvalue weighted by Crippen LogP contribution is 2.06. The van der Waals surface area contributed by atoms with Crippen LogP contribution in [0.15, 0.2) is 12.4 Å². The largest absolute Gasteiger partial charge is 0.349 e. The molecule has 0 aliphatic rings. The van der Waals surface area contributed by atoms with Crippen LogP contribution in [-0.2, 0) is 16.5 Å². The molecule has 1 aromatic rings. The molecule has 0 bridgehead atoms. The average molecular weight is 246 g/mol. The van der Waals surface area contributed by atoms with Crippen molar-refractivity contribution in [2.75, 3.05) is 5.75 Å². The van der Waals surface area contributed by atoms with Crippen molar-refractivity contribution in [1.82, 2.24) is 9.97 Å². The maximum absolute atomic E-state index is 10.4. The standard InChI is InChI=1S/C10H18N2O3S/c13-16(14,15)9-5-3-1-2-4-6-10-11-7-8-12-10/h7-8H,1-6,9H2,(H,11,12)(H,13,14,15). The van der Waals surface area contributed by atoms with E-state index in [2.05, 4.69) is 9.97 Å². The van der Waals surface area contributed by atoms with E-state index in [0.29, 0.717) is 6.42 Å². The smallest absolute Gasteiger partial charge is 0.264 e. The SMILES string of the molecule is O=S(=O)(O)CCCCCCCc1ncc[nH]1. The van der Waals surface area contributed by atoms with Crippen LogP contribution < -0.4 is 0 Å². The number of aromatic nitrogens is 2. The third kappa shape index (κ3) is 6.58. The van der Waals surface area contributed by atoms with Crippen LogP contribution in [-0.4, -0.2) is 28.7 Å². The molecule has 0 unspecified atom stereocenters. The summed E-state index contributed by atoms with van der Waals surface area (Å²) in [5, 5.41) is 0. The molecule has 6 heteroatoms. The first-order valence-electron chi connectivity index (χ1n) is 5.51. The summed E-state index contributed by atoms with van der Waals surface area (Å²) < 4.78 is 29.3. The molecule has 0 amide bonds. The normalized spacial score (nSPS) is 11.8. The second-order valence-corrected chi connectivity index (χ2v) is 5.41. The summed E-state index contributed by atoms with van der Waals surface area (Å²) in [5.74, 6) is 0.878. The summed E-state index contributed by atoms with van der Waals surface area (Å²) in [6, 6.07) is 0. The molecule has 5 nitrogen and oxygen atoms in total. The van der Waals surface area contributed by atoms with Crippen LogP contribution in [0.2, 0.25) is 0 Å². The third-order valence-corrected chi connectivity index (χ3v) is 3.18. The summed E-state index contributed by atoms with van der Waals surface area (Å²) >= 11 is 0. The van der Waals surface area contributed by atoms with E-state index in [4.69, 9.17) is 4.55 Å². The minimum absolute atomic E-state index is 0.120. The van der Waals surface area contributed by atoms with Crippen LogP contribution in [0, 0.1) is 0 Å². The van der Waals surface area contributed by atoms with E-state index in [9.17, 15) is 8.42 Å². The lowest BCUT2D eigenvalue weighted by Gasteiger charge is -1.99. The maximum atomic E-state index is 10.4. The van der Waals surface area contributed by atoms with Gasteiger partial charge in [-0.1, -0.05) is 19.3 Å². The molecular weight excluding hydrogens is 228 g/mol. The summed E-state index contributed by atoms with van der Waals surface area (Å²) in [4.78, 5) is 7.15. The number of hydrogen-bond donors (Lipinski definition) is 2. The van der Waals surface area contributed by atoms with Crippen molar-refractivity contribution in [2.45, 2.75) is 38.5 Å². The fraction of sp³-hybridized carbons (Fsp3) is 0.700. The highest BCUT2D eigenvalue weighted by Gasteiger charge is 2.03. The van der Waals surface area contributed by atoms with Crippen LogP contribution in [0.25, 0.3) is 0 Å². The number of rotatable bonds is 8. The Bertz CT molecular complexity index is 373. The second kappa shape index (κ2) is 6.65. The zero-order valence-electron chi connectivity index (χ0n) is 9.22. The summed E-state index contributed by atoms with van der Waals surface area (Å²) in [7, 11) is -3.77. The Labute approximate surface area is 96.0 Å². The molecule has 92 valence electrons. The zero-order valence-corrected chi connectivity index (χ0v) is 10.0.